The van der Waals surface area contributed by atoms with Crippen LogP contribution < -0.4 is 10.4 Å². The van der Waals surface area contributed by atoms with Crippen LogP contribution in [0.15, 0.2) is 64.0 Å². The number of hydrogen-bond acceptors (Lipinski definition) is 6. The molecule has 1 fully saturated rings. The Morgan fingerprint density at radius 1 is 1.14 bits per heavy atom. The van der Waals surface area contributed by atoms with Crippen molar-refractivity contribution in [1.29, 1.82) is 0 Å². The van der Waals surface area contributed by atoms with Crippen molar-refractivity contribution < 1.29 is 9.53 Å². The summed E-state index contributed by atoms with van der Waals surface area (Å²) in [7, 11) is 0. The van der Waals surface area contributed by atoms with E-state index >= 15 is 0 Å². The van der Waals surface area contributed by atoms with E-state index in [9.17, 15) is 9.59 Å². The van der Waals surface area contributed by atoms with Gasteiger partial charge in [-0.3, -0.25) is 24.2 Å². The maximum atomic E-state index is 14.0. The highest BCUT2D eigenvalue weighted by Crippen LogP contribution is 2.45. The molecule has 0 saturated carbocycles. The number of amides is 1. The van der Waals surface area contributed by atoms with Crippen molar-refractivity contribution in [1.82, 2.24) is 14.5 Å². The number of allylic oxidation sites excluding steroid dienone is 2. The summed E-state index contributed by atoms with van der Waals surface area (Å²) in [6, 6.07) is 10.3. The smallest absolute Gasteiger partial charge is 0.274 e. The standard InChI is InChI=1S/C29H34N4O3S/c1-20(17-30-13-15-36-16-14-30)31-19-33(32-12-11-25(34)21(2)27(32)29(31)35)28-23-8-4-3-7-22(23)18-37-26-10-6-5-9-24(26)28/h3-4,6-8,10-12,20,28H,5,9,13-19H2,1-2H3. The summed E-state index contributed by atoms with van der Waals surface area (Å²) in [6.07, 6.45) is 8.34. The van der Waals surface area contributed by atoms with Crippen molar-refractivity contribution in [3.05, 3.63) is 91.8 Å². The molecule has 0 spiro atoms. The molecule has 0 radical (unpaired) electrons. The van der Waals surface area contributed by atoms with E-state index < -0.39 is 0 Å². The predicted molar refractivity (Wildman–Crippen MR) is 147 cm³/mol. The van der Waals surface area contributed by atoms with E-state index in [1.165, 1.54) is 21.6 Å². The van der Waals surface area contributed by atoms with Gasteiger partial charge in [-0.2, -0.15) is 0 Å². The molecule has 1 aromatic carbocycles. The predicted octanol–water partition coefficient (Wildman–Crippen LogP) is 3.82. The van der Waals surface area contributed by atoms with Crippen LogP contribution in [0.2, 0.25) is 0 Å². The number of hydrogen-bond donors (Lipinski definition) is 0. The molecule has 4 aliphatic rings. The number of fused-ring (bicyclic) bond motifs is 2. The number of rotatable bonds is 4. The van der Waals surface area contributed by atoms with Gasteiger partial charge in [0, 0.05) is 54.2 Å². The number of pyridine rings is 1. The van der Waals surface area contributed by atoms with Gasteiger partial charge in [-0.1, -0.05) is 36.4 Å². The van der Waals surface area contributed by atoms with E-state index in [4.69, 9.17) is 4.74 Å². The lowest BCUT2D eigenvalue weighted by atomic mass is 9.89. The number of carbonyl (C=O) groups excluding carboxylic acids is 1. The third-order valence-corrected chi connectivity index (χ3v) is 9.21. The molecule has 3 aliphatic heterocycles. The molecule has 0 bridgehead atoms. The molecule has 1 amide bonds. The summed E-state index contributed by atoms with van der Waals surface area (Å²) in [5.41, 5.74) is 4.90. The number of benzene rings is 1. The molecule has 37 heavy (non-hydrogen) atoms. The zero-order valence-electron chi connectivity index (χ0n) is 21.6. The van der Waals surface area contributed by atoms with Gasteiger partial charge in [0.1, 0.15) is 12.4 Å². The van der Waals surface area contributed by atoms with Crippen LogP contribution in [0.4, 0.5) is 0 Å². The largest absolute Gasteiger partial charge is 0.379 e. The Labute approximate surface area is 222 Å². The Bertz CT molecular complexity index is 1330. The first kappa shape index (κ1) is 24.5. The van der Waals surface area contributed by atoms with E-state index in [-0.39, 0.29) is 23.4 Å². The van der Waals surface area contributed by atoms with Gasteiger partial charge in [0.25, 0.3) is 5.91 Å². The van der Waals surface area contributed by atoms with Crippen molar-refractivity contribution >= 4 is 17.7 Å². The summed E-state index contributed by atoms with van der Waals surface area (Å²) in [4.78, 5) is 32.4. The fraction of sp³-hybridized carbons (Fsp3) is 0.448. The molecular formula is C29H34N4O3S. The molecule has 2 unspecified atom stereocenters. The van der Waals surface area contributed by atoms with Gasteiger partial charge in [-0.25, -0.2) is 0 Å². The molecule has 7 nitrogen and oxygen atoms in total. The zero-order valence-corrected chi connectivity index (χ0v) is 22.4. The van der Waals surface area contributed by atoms with E-state index in [1.807, 2.05) is 21.3 Å². The third-order valence-electron chi connectivity index (χ3n) is 8.04. The lowest BCUT2D eigenvalue weighted by molar-refractivity contribution is 0.0210. The minimum atomic E-state index is -0.0976. The van der Waals surface area contributed by atoms with E-state index in [2.05, 4.69) is 53.3 Å². The van der Waals surface area contributed by atoms with Crippen LogP contribution in [0.1, 0.15) is 53.0 Å². The minimum Gasteiger partial charge on any atom is -0.379 e. The van der Waals surface area contributed by atoms with Crippen molar-refractivity contribution in [3.63, 3.8) is 0 Å². The molecule has 1 aromatic heterocycles. The molecule has 194 valence electrons. The summed E-state index contributed by atoms with van der Waals surface area (Å²) in [5, 5.41) is 2.32. The molecule has 0 N–H and O–H groups in total. The molecule has 8 heteroatoms. The number of carbonyl (C=O) groups is 1. The van der Waals surface area contributed by atoms with Gasteiger partial charge < -0.3 is 9.64 Å². The fourth-order valence-corrected chi connectivity index (χ4v) is 7.18. The maximum Gasteiger partial charge on any atom is 0.274 e. The monoisotopic (exact) mass is 518 g/mol. The Morgan fingerprint density at radius 3 is 2.78 bits per heavy atom. The highest BCUT2D eigenvalue weighted by molar-refractivity contribution is 8.02. The first-order valence-electron chi connectivity index (χ1n) is 13.2. The van der Waals surface area contributed by atoms with Gasteiger partial charge in [-0.15, -0.1) is 11.8 Å². The van der Waals surface area contributed by atoms with Crippen molar-refractivity contribution in [3.8, 4) is 0 Å². The first-order valence-corrected chi connectivity index (χ1v) is 14.2. The van der Waals surface area contributed by atoms with Crippen LogP contribution >= 0.6 is 11.8 Å². The minimum absolute atomic E-state index is 0.00773. The van der Waals surface area contributed by atoms with Crippen molar-refractivity contribution in [2.24, 2.45) is 0 Å². The van der Waals surface area contributed by atoms with Crippen LogP contribution in [0.25, 0.3) is 0 Å². The summed E-state index contributed by atoms with van der Waals surface area (Å²) in [5.74, 6) is 0.858. The summed E-state index contributed by atoms with van der Waals surface area (Å²) >= 11 is 1.90. The number of aromatic nitrogens is 1. The Morgan fingerprint density at radius 2 is 1.95 bits per heavy atom. The van der Waals surface area contributed by atoms with Gasteiger partial charge in [-0.05, 0) is 43.4 Å². The second-order valence-electron chi connectivity index (χ2n) is 10.3. The molecule has 1 saturated heterocycles. The van der Waals surface area contributed by atoms with Crippen LogP contribution in [0.5, 0.6) is 0 Å². The lowest BCUT2D eigenvalue weighted by Crippen LogP contribution is -2.60. The Kier molecular flexibility index (Phi) is 6.73. The van der Waals surface area contributed by atoms with Gasteiger partial charge in [0.05, 0.1) is 19.3 Å². The number of ether oxygens (including phenoxy) is 1. The van der Waals surface area contributed by atoms with Crippen LogP contribution in [-0.4, -0.2) is 65.9 Å². The molecular weight excluding hydrogens is 484 g/mol. The number of thioether (sulfide) groups is 1. The van der Waals surface area contributed by atoms with Crippen LogP contribution in [0.3, 0.4) is 0 Å². The quantitative estimate of drug-likeness (QED) is 0.614. The highest BCUT2D eigenvalue weighted by atomic mass is 32.2. The first-order chi connectivity index (χ1) is 18.0. The Hall–Kier alpha value is -2.81. The summed E-state index contributed by atoms with van der Waals surface area (Å²) < 4.78 is 7.50. The lowest BCUT2D eigenvalue weighted by Gasteiger charge is -2.47. The second-order valence-corrected chi connectivity index (χ2v) is 11.4. The highest BCUT2D eigenvalue weighted by Gasteiger charge is 2.40. The SMILES string of the molecule is Cc1c2n(ccc1=O)N(C1C3=C(C=CCC3)SCc3ccccc31)CN(C(C)CN1CCOCC1)C2=O. The average Bonchev–Trinajstić information content (AvgIpc) is 3.08. The van der Waals surface area contributed by atoms with Crippen molar-refractivity contribution in [2.45, 2.75) is 44.5 Å². The van der Waals surface area contributed by atoms with E-state index in [0.717, 1.165) is 51.4 Å². The van der Waals surface area contributed by atoms with Crippen LogP contribution in [0, 0.1) is 6.92 Å². The second kappa shape index (κ2) is 10.2. The third kappa shape index (κ3) is 4.45. The van der Waals surface area contributed by atoms with Gasteiger partial charge in [0.15, 0.2) is 5.43 Å². The molecule has 2 aromatic rings. The maximum absolute atomic E-state index is 14.0. The topological polar surface area (TPSA) is 58.0 Å². The molecule has 4 heterocycles. The zero-order chi connectivity index (χ0) is 25.5. The van der Waals surface area contributed by atoms with Crippen molar-refractivity contribution in [2.75, 3.05) is 44.5 Å². The number of morpholine rings is 1. The Balaban J connectivity index is 1.47. The van der Waals surface area contributed by atoms with Crippen LogP contribution in [-0.2, 0) is 10.5 Å². The van der Waals surface area contributed by atoms with E-state index in [1.54, 1.807) is 19.2 Å². The summed E-state index contributed by atoms with van der Waals surface area (Å²) in [6.45, 7) is 8.36. The van der Waals surface area contributed by atoms with Gasteiger partial charge >= 0.3 is 0 Å². The molecule has 2 atom stereocenters. The number of nitrogens with zero attached hydrogens (tertiary/aromatic N) is 4. The normalized spacial score (nSPS) is 22.9. The van der Waals surface area contributed by atoms with Gasteiger partial charge in [0.2, 0.25) is 0 Å². The average molecular weight is 519 g/mol. The molecule has 1 aliphatic carbocycles. The fourth-order valence-electron chi connectivity index (χ4n) is 6.01. The molecule has 6 rings (SSSR count). The van der Waals surface area contributed by atoms with E-state index in [0.29, 0.717) is 17.9 Å².